The average molecular weight is 385 g/mol. The number of hydrogen-bond donors (Lipinski definition) is 1. The third kappa shape index (κ3) is 4.05. The highest BCUT2D eigenvalue weighted by Crippen LogP contribution is 2.30. The van der Waals surface area contributed by atoms with Gasteiger partial charge in [0.15, 0.2) is 11.0 Å². The molecule has 8 heteroatoms. The number of halogens is 2. The number of rotatable bonds is 5. The van der Waals surface area contributed by atoms with E-state index in [-0.39, 0.29) is 5.91 Å². The Hall–Kier alpha value is -1.24. The van der Waals surface area contributed by atoms with Crippen molar-refractivity contribution < 1.29 is 4.79 Å². The summed E-state index contributed by atoms with van der Waals surface area (Å²) in [5.41, 5.74) is 0.762. The van der Waals surface area contributed by atoms with Gasteiger partial charge in [0, 0.05) is 23.7 Å². The zero-order valence-electron chi connectivity index (χ0n) is 13.3. The van der Waals surface area contributed by atoms with E-state index in [4.69, 9.17) is 23.2 Å². The number of carbonyl (C=O) groups is 1. The van der Waals surface area contributed by atoms with Gasteiger partial charge in [0.2, 0.25) is 5.91 Å². The topological polar surface area (TPSA) is 59.8 Å². The first kappa shape index (κ1) is 17.6. The van der Waals surface area contributed by atoms with E-state index in [2.05, 4.69) is 15.5 Å². The molecule has 0 saturated heterocycles. The Bertz CT molecular complexity index is 744. The molecule has 1 heterocycles. The standard InChI is InChI=1S/C16H18Cl2N4OS/c1-22-15(12-7-6-10(17)8-13(12)18)20-21-16(22)24-9-14(23)19-11-4-2-3-5-11/h6-8,11H,2-5,9H2,1H3,(H,19,23). The molecule has 0 unspecified atom stereocenters. The second-order valence-electron chi connectivity index (χ2n) is 5.83. The third-order valence-electron chi connectivity index (χ3n) is 4.06. The fourth-order valence-corrected chi connectivity index (χ4v) is 4.03. The summed E-state index contributed by atoms with van der Waals surface area (Å²) in [7, 11) is 1.86. The van der Waals surface area contributed by atoms with Crippen LogP contribution in [0.5, 0.6) is 0 Å². The molecule has 1 aromatic carbocycles. The molecular formula is C16H18Cl2N4OS. The zero-order chi connectivity index (χ0) is 17.1. The number of thioether (sulfide) groups is 1. The lowest BCUT2D eigenvalue weighted by atomic mass is 10.2. The molecule has 0 radical (unpaired) electrons. The minimum Gasteiger partial charge on any atom is -0.353 e. The summed E-state index contributed by atoms with van der Waals surface area (Å²) < 4.78 is 1.84. The summed E-state index contributed by atoms with van der Waals surface area (Å²) in [5.74, 6) is 1.02. The number of amides is 1. The Morgan fingerprint density at radius 2 is 2.08 bits per heavy atom. The molecule has 1 amide bonds. The van der Waals surface area contributed by atoms with Gasteiger partial charge in [-0.15, -0.1) is 10.2 Å². The molecule has 1 fully saturated rings. The zero-order valence-corrected chi connectivity index (χ0v) is 15.6. The number of nitrogens with one attached hydrogen (secondary N) is 1. The summed E-state index contributed by atoms with van der Waals surface area (Å²) in [6, 6.07) is 5.59. The molecule has 0 bridgehead atoms. The van der Waals surface area contributed by atoms with Crippen LogP contribution in [0.1, 0.15) is 25.7 Å². The van der Waals surface area contributed by atoms with E-state index in [1.807, 2.05) is 17.7 Å². The number of aromatic nitrogens is 3. The van der Waals surface area contributed by atoms with Crippen molar-refractivity contribution in [3.05, 3.63) is 28.2 Å². The maximum Gasteiger partial charge on any atom is 0.230 e. The Labute approximate surface area is 155 Å². The van der Waals surface area contributed by atoms with Gasteiger partial charge in [-0.3, -0.25) is 4.79 Å². The molecule has 24 heavy (non-hydrogen) atoms. The predicted molar refractivity (Wildman–Crippen MR) is 97.6 cm³/mol. The average Bonchev–Trinajstić information content (AvgIpc) is 3.16. The Morgan fingerprint density at radius 1 is 1.33 bits per heavy atom. The summed E-state index contributed by atoms with van der Waals surface area (Å²) in [5, 5.41) is 13.2. The highest BCUT2D eigenvalue weighted by atomic mass is 35.5. The van der Waals surface area contributed by atoms with Gasteiger partial charge in [-0.1, -0.05) is 47.8 Å². The Kier molecular flexibility index (Phi) is 5.69. The first-order valence-electron chi connectivity index (χ1n) is 7.81. The van der Waals surface area contributed by atoms with Crippen LogP contribution in [0.2, 0.25) is 10.0 Å². The van der Waals surface area contributed by atoms with E-state index >= 15 is 0 Å². The van der Waals surface area contributed by atoms with Gasteiger partial charge in [0.25, 0.3) is 0 Å². The second kappa shape index (κ2) is 7.76. The molecule has 0 aliphatic heterocycles. The SMILES string of the molecule is Cn1c(SCC(=O)NC2CCCC2)nnc1-c1ccc(Cl)cc1Cl. The Balaban J connectivity index is 1.65. The molecule has 0 spiro atoms. The summed E-state index contributed by atoms with van der Waals surface area (Å²) in [4.78, 5) is 12.0. The lowest BCUT2D eigenvalue weighted by Crippen LogP contribution is -2.33. The molecular weight excluding hydrogens is 367 g/mol. The van der Waals surface area contributed by atoms with Crippen LogP contribution in [-0.2, 0) is 11.8 Å². The summed E-state index contributed by atoms with van der Waals surface area (Å²) in [6.45, 7) is 0. The molecule has 1 aliphatic carbocycles. The lowest BCUT2D eigenvalue weighted by molar-refractivity contribution is -0.119. The molecule has 128 valence electrons. The molecule has 0 atom stereocenters. The molecule has 2 aromatic rings. The van der Waals surface area contributed by atoms with Crippen molar-refractivity contribution in [3.8, 4) is 11.4 Å². The maximum absolute atomic E-state index is 12.0. The van der Waals surface area contributed by atoms with Gasteiger partial charge in [-0.05, 0) is 31.0 Å². The number of nitrogens with zero attached hydrogens (tertiary/aromatic N) is 3. The molecule has 3 rings (SSSR count). The van der Waals surface area contributed by atoms with Crippen molar-refractivity contribution in [3.63, 3.8) is 0 Å². The van der Waals surface area contributed by atoms with Crippen LogP contribution in [0.4, 0.5) is 0 Å². The van der Waals surface area contributed by atoms with E-state index in [0.29, 0.717) is 32.8 Å². The molecule has 1 aromatic heterocycles. The first-order chi connectivity index (χ1) is 11.5. The van der Waals surface area contributed by atoms with Crippen molar-refractivity contribution in [2.24, 2.45) is 7.05 Å². The van der Waals surface area contributed by atoms with Crippen molar-refractivity contribution in [1.82, 2.24) is 20.1 Å². The van der Waals surface area contributed by atoms with Gasteiger partial charge < -0.3 is 9.88 Å². The van der Waals surface area contributed by atoms with Crippen LogP contribution in [-0.4, -0.2) is 32.5 Å². The number of carbonyl (C=O) groups excluding carboxylic acids is 1. The van der Waals surface area contributed by atoms with E-state index in [0.717, 1.165) is 18.4 Å². The number of benzene rings is 1. The van der Waals surface area contributed by atoms with Crippen LogP contribution in [0, 0.1) is 0 Å². The van der Waals surface area contributed by atoms with Gasteiger partial charge in [0.05, 0.1) is 10.8 Å². The number of hydrogen-bond acceptors (Lipinski definition) is 4. The lowest BCUT2D eigenvalue weighted by Gasteiger charge is -2.11. The minimum absolute atomic E-state index is 0.0426. The highest BCUT2D eigenvalue weighted by Gasteiger charge is 2.19. The minimum atomic E-state index is 0.0426. The van der Waals surface area contributed by atoms with Crippen LogP contribution < -0.4 is 5.32 Å². The normalized spacial score (nSPS) is 15.0. The molecule has 1 N–H and O–H groups in total. The van der Waals surface area contributed by atoms with Gasteiger partial charge in [-0.25, -0.2) is 0 Å². The second-order valence-corrected chi connectivity index (χ2v) is 7.61. The van der Waals surface area contributed by atoms with E-state index in [9.17, 15) is 4.79 Å². The summed E-state index contributed by atoms with van der Waals surface area (Å²) >= 11 is 13.5. The van der Waals surface area contributed by atoms with Gasteiger partial charge >= 0.3 is 0 Å². The van der Waals surface area contributed by atoms with Crippen molar-refractivity contribution >= 4 is 40.9 Å². The van der Waals surface area contributed by atoms with Gasteiger partial charge in [-0.2, -0.15) is 0 Å². The van der Waals surface area contributed by atoms with Crippen molar-refractivity contribution in [2.75, 3.05) is 5.75 Å². The van der Waals surface area contributed by atoms with E-state index in [1.165, 1.54) is 24.6 Å². The van der Waals surface area contributed by atoms with Crippen LogP contribution in [0.15, 0.2) is 23.4 Å². The fraction of sp³-hybridized carbons (Fsp3) is 0.438. The molecule has 1 aliphatic rings. The largest absolute Gasteiger partial charge is 0.353 e. The van der Waals surface area contributed by atoms with Crippen molar-refractivity contribution in [1.29, 1.82) is 0 Å². The first-order valence-corrected chi connectivity index (χ1v) is 9.55. The van der Waals surface area contributed by atoms with Crippen LogP contribution in [0.3, 0.4) is 0 Å². The van der Waals surface area contributed by atoms with Gasteiger partial charge in [0.1, 0.15) is 0 Å². The Morgan fingerprint density at radius 3 is 2.79 bits per heavy atom. The maximum atomic E-state index is 12.0. The summed E-state index contributed by atoms with van der Waals surface area (Å²) in [6.07, 6.45) is 4.57. The van der Waals surface area contributed by atoms with Crippen LogP contribution >= 0.6 is 35.0 Å². The predicted octanol–water partition coefficient (Wildman–Crippen LogP) is 3.94. The molecule has 1 saturated carbocycles. The quantitative estimate of drug-likeness (QED) is 0.792. The highest BCUT2D eigenvalue weighted by molar-refractivity contribution is 7.99. The van der Waals surface area contributed by atoms with Crippen LogP contribution in [0.25, 0.3) is 11.4 Å². The fourth-order valence-electron chi connectivity index (χ4n) is 2.82. The van der Waals surface area contributed by atoms with E-state index in [1.54, 1.807) is 12.1 Å². The monoisotopic (exact) mass is 384 g/mol. The van der Waals surface area contributed by atoms with Crippen molar-refractivity contribution in [2.45, 2.75) is 36.9 Å². The third-order valence-corrected chi connectivity index (χ3v) is 5.63. The smallest absolute Gasteiger partial charge is 0.230 e. The van der Waals surface area contributed by atoms with E-state index < -0.39 is 0 Å². The molecule has 5 nitrogen and oxygen atoms in total.